The van der Waals surface area contributed by atoms with Crippen molar-refractivity contribution in [2.24, 2.45) is 11.8 Å². The molecule has 0 radical (unpaired) electrons. The number of piperidine rings is 1. The number of nitrogens with zero attached hydrogens (tertiary/aromatic N) is 3. The first-order chi connectivity index (χ1) is 15.8. The number of hydrogen-bond donors (Lipinski definition) is 1. The van der Waals surface area contributed by atoms with Gasteiger partial charge in [0.15, 0.2) is 5.82 Å². The number of rotatable bonds is 9. The molecule has 2 heterocycles. The van der Waals surface area contributed by atoms with E-state index >= 15 is 0 Å². The average molecular weight is 465 g/mol. The van der Waals surface area contributed by atoms with Crippen molar-refractivity contribution < 1.29 is 32.5 Å². The predicted octanol–water partition coefficient (Wildman–Crippen LogP) is 4.31. The molecule has 1 saturated heterocycles. The monoisotopic (exact) mass is 465 g/mol. The van der Waals surface area contributed by atoms with E-state index in [1.807, 2.05) is 29.2 Å². The van der Waals surface area contributed by atoms with Gasteiger partial charge in [-0.2, -0.15) is 13.2 Å². The number of benzene rings is 1. The fourth-order valence-corrected chi connectivity index (χ4v) is 3.73. The van der Waals surface area contributed by atoms with Crippen LogP contribution in [0.4, 0.5) is 19.0 Å². The molecule has 2 aliphatic rings. The lowest BCUT2D eigenvalue weighted by atomic mass is 9.97. The molecule has 1 aliphatic carbocycles. The van der Waals surface area contributed by atoms with Gasteiger partial charge >= 0.3 is 12.1 Å². The number of ether oxygens (including phenoxy) is 2. The highest BCUT2D eigenvalue weighted by Crippen LogP contribution is 2.33. The Kier molecular flexibility index (Phi) is 7.02. The second-order valence-corrected chi connectivity index (χ2v) is 8.52. The Balaban J connectivity index is 1.53. The fraction of sp³-hybridized carbons (Fsp3) is 0.522. The zero-order chi connectivity index (χ0) is 23.4. The number of halogens is 3. The van der Waals surface area contributed by atoms with Crippen LogP contribution in [0.15, 0.2) is 30.5 Å². The van der Waals surface area contributed by atoms with E-state index in [2.05, 4.69) is 9.97 Å². The van der Waals surface area contributed by atoms with Gasteiger partial charge in [0.1, 0.15) is 18.1 Å². The third-order valence-electron chi connectivity index (χ3n) is 5.77. The van der Waals surface area contributed by atoms with Gasteiger partial charge in [-0.1, -0.05) is 0 Å². The first-order valence-corrected chi connectivity index (χ1v) is 11.0. The number of aliphatic carboxylic acids is 1. The van der Waals surface area contributed by atoms with Gasteiger partial charge in [0.25, 0.3) is 0 Å². The Morgan fingerprint density at radius 2 is 1.82 bits per heavy atom. The highest BCUT2D eigenvalue weighted by atomic mass is 19.4. The maximum Gasteiger partial charge on any atom is 0.411 e. The summed E-state index contributed by atoms with van der Waals surface area (Å²) in [7, 11) is 0. The maximum atomic E-state index is 12.4. The van der Waals surface area contributed by atoms with Crippen molar-refractivity contribution in [3.05, 3.63) is 36.2 Å². The molecule has 4 rings (SSSR count). The summed E-state index contributed by atoms with van der Waals surface area (Å²) in [6.07, 6.45) is 0.316. The molecule has 2 aromatic rings. The van der Waals surface area contributed by atoms with E-state index < -0.39 is 24.7 Å². The normalized spacial score (nSPS) is 17.2. The van der Waals surface area contributed by atoms with Gasteiger partial charge in [0.2, 0.25) is 0 Å². The largest absolute Gasteiger partial charge is 0.493 e. The smallest absolute Gasteiger partial charge is 0.411 e. The molecular formula is C23H26F3N3O4. The molecule has 7 nitrogen and oxygen atoms in total. The summed E-state index contributed by atoms with van der Waals surface area (Å²) in [6.45, 7) is -0.0465. The second-order valence-electron chi connectivity index (χ2n) is 8.52. The summed E-state index contributed by atoms with van der Waals surface area (Å²) in [5.74, 6) is 0.678. The van der Waals surface area contributed by atoms with Crippen LogP contribution < -0.4 is 9.64 Å². The van der Waals surface area contributed by atoms with Crippen molar-refractivity contribution in [2.75, 3.05) is 31.2 Å². The van der Waals surface area contributed by atoms with Crippen molar-refractivity contribution in [2.45, 2.75) is 38.5 Å². The molecule has 0 unspecified atom stereocenters. The number of aromatic nitrogens is 2. The first kappa shape index (κ1) is 23.3. The van der Waals surface area contributed by atoms with Gasteiger partial charge in [-0.05, 0) is 55.9 Å². The molecule has 1 aromatic heterocycles. The van der Waals surface area contributed by atoms with Gasteiger partial charge in [0.05, 0.1) is 31.0 Å². The highest BCUT2D eigenvalue weighted by molar-refractivity contribution is 5.74. The summed E-state index contributed by atoms with van der Waals surface area (Å²) in [4.78, 5) is 22.3. The fourth-order valence-electron chi connectivity index (χ4n) is 3.73. The van der Waals surface area contributed by atoms with Crippen molar-refractivity contribution in [1.82, 2.24) is 9.97 Å². The molecule has 0 bridgehead atoms. The Bertz CT molecular complexity index is 956. The summed E-state index contributed by atoms with van der Waals surface area (Å²) >= 11 is 0. The topological polar surface area (TPSA) is 84.8 Å². The molecule has 10 heteroatoms. The highest BCUT2D eigenvalue weighted by Gasteiger charge is 2.29. The van der Waals surface area contributed by atoms with Crippen LogP contribution in [0.5, 0.6) is 5.75 Å². The molecule has 33 heavy (non-hydrogen) atoms. The van der Waals surface area contributed by atoms with Crippen molar-refractivity contribution >= 4 is 11.8 Å². The van der Waals surface area contributed by atoms with Crippen LogP contribution in [0, 0.1) is 11.8 Å². The Morgan fingerprint density at radius 1 is 1.12 bits per heavy atom. The second kappa shape index (κ2) is 9.94. The third-order valence-corrected chi connectivity index (χ3v) is 5.77. The van der Waals surface area contributed by atoms with Crippen molar-refractivity contribution in [1.29, 1.82) is 0 Å². The molecular weight excluding hydrogens is 439 g/mol. The predicted molar refractivity (Wildman–Crippen MR) is 114 cm³/mol. The van der Waals surface area contributed by atoms with Crippen LogP contribution in [-0.4, -0.2) is 53.5 Å². The minimum Gasteiger partial charge on any atom is -0.493 e. The Hall–Kier alpha value is -2.88. The molecule has 0 spiro atoms. The number of carbonyl (C=O) groups is 1. The molecule has 178 valence electrons. The molecule has 1 aromatic carbocycles. The molecule has 2 fully saturated rings. The number of alkyl halides is 3. The van der Waals surface area contributed by atoms with E-state index in [9.17, 15) is 23.1 Å². The standard InChI is InChI=1S/C23H26F3N3O4/c24-23(25,26)14-32-13-18-11-27-20(16-3-5-19(6-4-16)33-12-15-1-2-15)21(28-18)29-9-7-17(8-10-29)22(30)31/h3-6,11,15,17H,1-2,7-10,12-14H2,(H,30,31). The van der Waals surface area contributed by atoms with E-state index in [1.165, 1.54) is 19.0 Å². The van der Waals surface area contributed by atoms with E-state index in [0.29, 0.717) is 50.0 Å². The minimum absolute atomic E-state index is 0.280. The average Bonchev–Trinajstić information content (AvgIpc) is 3.62. The van der Waals surface area contributed by atoms with E-state index in [-0.39, 0.29) is 12.3 Å². The summed E-state index contributed by atoms with van der Waals surface area (Å²) < 4.78 is 47.8. The van der Waals surface area contributed by atoms with E-state index in [0.717, 1.165) is 11.3 Å². The quantitative estimate of drug-likeness (QED) is 0.591. The van der Waals surface area contributed by atoms with Crippen molar-refractivity contribution in [3.8, 4) is 17.0 Å². The van der Waals surface area contributed by atoms with Crippen LogP contribution in [0.25, 0.3) is 11.3 Å². The molecule has 1 aliphatic heterocycles. The molecule has 0 atom stereocenters. The SMILES string of the molecule is O=C(O)C1CCN(c2nc(COCC(F)(F)F)cnc2-c2ccc(OCC3CC3)cc2)CC1. The number of carboxylic acids is 1. The number of anilines is 1. The Morgan fingerprint density at radius 3 is 2.42 bits per heavy atom. The maximum absolute atomic E-state index is 12.4. The Labute approximate surface area is 189 Å². The van der Waals surface area contributed by atoms with Crippen LogP contribution >= 0.6 is 0 Å². The van der Waals surface area contributed by atoms with E-state index in [4.69, 9.17) is 9.47 Å². The van der Waals surface area contributed by atoms with Gasteiger partial charge in [0, 0.05) is 18.7 Å². The van der Waals surface area contributed by atoms with Crippen molar-refractivity contribution in [3.63, 3.8) is 0 Å². The summed E-state index contributed by atoms with van der Waals surface area (Å²) in [5.41, 5.74) is 1.65. The van der Waals surface area contributed by atoms with Gasteiger partial charge < -0.3 is 19.5 Å². The van der Waals surface area contributed by atoms with Gasteiger partial charge in [-0.3, -0.25) is 9.78 Å². The van der Waals surface area contributed by atoms with Gasteiger partial charge in [-0.25, -0.2) is 4.98 Å². The third kappa shape index (κ3) is 6.56. The zero-order valence-corrected chi connectivity index (χ0v) is 18.1. The number of hydrogen-bond acceptors (Lipinski definition) is 6. The molecule has 1 N–H and O–H groups in total. The minimum atomic E-state index is -4.42. The van der Waals surface area contributed by atoms with E-state index in [1.54, 1.807) is 0 Å². The van der Waals surface area contributed by atoms with Gasteiger partial charge in [-0.15, -0.1) is 0 Å². The summed E-state index contributed by atoms with van der Waals surface area (Å²) in [6, 6.07) is 7.47. The molecule has 0 amide bonds. The summed E-state index contributed by atoms with van der Waals surface area (Å²) in [5, 5.41) is 9.28. The van der Waals surface area contributed by atoms with Crippen LogP contribution in [0.3, 0.4) is 0 Å². The molecule has 1 saturated carbocycles. The lowest BCUT2D eigenvalue weighted by Crippen LogP contribution is -2.37. The van der Waals surface area contributed by atoms with Crippen LogP contribution in [0.2, 0.25) is 0 Å². The number of carboxylic acid groups (broad SMARTS) is 1. The lowest BCUT2D eigenvalue weighted by molar-refractivity contribution is -0.176. The lowest BCUT2D eigenvalue weighted by Gasteiger charge is -2.32. The zero-order valence-electron chi connectivity index (χ0n) is 18.1. The first-order valence-electron chi connectivity index (χ1n) is 11.0. The van der Waals surface area contributed by atoms with Crippen LogP contribution in [0.1, 0.15) is 31.4 Å². The van der Waals surface area contributed by atoms with Crippen LogP contribution in [-0.2, 0) is 16.1 Å².